The standard InChI is InChI=1S/C27H34F3N3O4/c1-4-7-24(34)33-12-10-20-15-19(16-21(25(20)33)26(35)31-3)14-18(2)32-11-13-36-22-8-5-6-9-23(22)37-17-27(28,29)30/h5-6,8-9,15-16,18,32H,4,7,10-14,17H2,1-3H3,(H,31,35). The number of carbonyl (C=O) groups is 2. The Morgan fingerprint density at radius 1 is 1.14 bits per heavy atom. The van der Waals surface area contributed by atoms with Gasteiger partial charge in [-0.25, -0.2) is 0 Å². The molecule has 1 unspecified atom stereocenters. The summed E-state index contributed by atoms with van der Waals surface area (Å²) in [4.78, 5) is 27.0. The van der Waals surface area contributed by atoms with Crippen molar-refractivity contribution in [3.05, 3.63) is 53.1 Å². The summed E-state index contributed by atoms with van der Waals surface area (Å²) in [5, 5.41) is 6.02. The van der Waals surface area contributed by atoms with Crippen LogP contribution in [-0.2, 0) is 17.6 Å². The molecule has 0 aliphatic carbocycles. The van der Waals surface area contributed by atoms with Crippen molar-refractivity contribution in [2.45, 2.75) is 51.7 Å². The first kappa shape index (κ1) is 28.3. The molecule has 2 amide bonds. The zero-order valence-electron chi connectivity index (χ0n) is 21.4. The van der Waals surface area contributed by atoms with E-state index in [9.17, 15) is 22.8 Å². The number of anilines is 1. The molecule has 0 fully saturated rings. The summed E-state index contributed by atoms with van der Waals surface area (Å²) >= 11 is 0. The summed E-state index contributed by atoms with van der Waals surface area (Å²) in [7, 11) is 1.57. The Labute approximate surface area is 215 Å². The molecule has 37 heavy (non-hydrogen) atoms. The van der Waals surface area contributed by atoms with Crippen molar-refractivity contribution in [3.8, 4) is 11.5 Å². The molecule has 0 bridgehead atoms. The molecule has 1 atom stereocenters. The Bertz CT molecular complexity index is 1090. The van der Waals surface area contributed by atoms with Crippen LogP contribution in [0.25, 0.3) is 0 Å². The van der Waals surface area contributed by atoms with E-state index in [4.69, 9.17) is 9.47 Å². The van der Waals surface area contributed by atoms with Crippen LogP contribution in [-0.4, -0.2) is 57.4 Å². The topological polar surface area (TPSA) is 79.9 Å². The first-order chi connectivity index (χ1) is 17.6. The average Bonchev–Trinajstić information content (AvgIpc) is 3.29. The minimum atomic E-state index is -4.43. The van der Waals surface area contributed by atoms with Gasteiger partial charge in [0.25, 0.3) is 5.91 Å². The number of carbonyl (C=O) groups excluding carboxylic acids is 2. The third kappa shape index (κ3) is 7.85. The van der Waals surface area contributed by atoms with E-state index in [1.807, 2.05) is 19.9 Å². The Hall–Kier alpha value is -3.27. The van der Waals surface area contributed by atoms with Crippen molar-refractivity contribution in [1.29, 1.82) is 0 Å². The van der Waals surface area contributed by atoms with Gasteiger partial charge in [-0.2, -0.15) is 13.2 Å². The second-order valence-electron chi connectivity index (χ2n) is 9.03. The fourth-order valence-corrected chi connectivity index (χ4v) is 4.38. The number of halogens is 3. The van der Waals surface area contributed by atoms with Crippen LogP contribution in [0.15, 0.2) is 36.4 Å². The zero-order chi connectivity index (χ0) is 27.0. The normalized spacial score (nSPS) is 13.7. The smallest absolute Gasteiger partial charge is 0.422 e. The van der Waals surface area contributed by atoms with Gasteiger partial charge in [0.15, 0.2) is 18.1 Å². The maximum absolute atomic E-state index is 12.7. The van der Waals surface area contributed by atoms with E-state index in [1.165, 1.54) is 6.07 Å². The van der Waals surface area contributed by atoms with Gasteiger partial charge in [-0.3, -0.25) is 9.59 Å². The van der Waals surface area contributed by atoms with E-state index in [0.717, 1.165) is 17.5 Å². The van der Waals surface area contributed by atoms with Crippen molar-refractivity contribution in [2.24, 2.45) is 0 Å². The lowest BCUT2D eigenvalue weighted by molar-refractivity contribution is -0.153. The summed E-state index contributed by atoms with van der Waals surface area (Å²) in [5.41, 5.74) is 3.19. The van der Waals surface area contributed by atoms with Gasteiger partial charge in [0.05, 0.1) is 11.3 Å². The number of hydrogen-bond donors (Lipinski definition) is 2. The van der Waals surface area contributed by atoms with Crippen LogP contribution in [0.2, 0.25) is 0 Å². The molecule has 10 heteroatoms. The fraction of sp³-hybridized carbons (Fsp3) is 0.481. The first-order valence-electron chi connectivity index (χ1n) is 12.5. The predicted octanol–water partition coefficient (Wildman–Crippen LogP) is 4.28. The van der Waals surface area contributed by atoms with Crippen LogP contribution in [0, 0.1) is 0 Å². The third-order valence-corrected chi connectivity index (χ3v) is 5.99. The molecular weight excluding hydrogens is 487 g/mol. The molecule has 1 aliphatic rings. The summed E-state index contributed by atoms with van der Waals surface area (Å²) in [6, 6.07) is 10.2. The summed E-state index contributed by atoms with van der Waals surface area (Å²) in [5.74, 6) is 0.0886. The molecule has 0 radical (unpaired) electrons. The minimum absolute atomic E-state index is 0.0274. The lowest BCUT2D eigenvalue weighted by Crippen LogP contribution is -2.32. The lowest BCUT2D eigenvalue weighted by Gasteiger charge is -2.21. The van der Waals surface area contributed by atoms with Gasteiger partial charge >= 0.3 is 6.18 Å². The maximum atomic E-state index is 12.7. The van der Waals surface area contributed by atoms with Crippen molar-refractivity contribution < 1.29 is 32.2 Å². The number of alkyl halides is 3. The maximum Gasteiger partial charge on any atom is 0.422 e. The Balaban J connectivity index is 1.59. The number of para-hydroxylation sites is 2. The van der Waals surface area contributed by atoms with Crippen LogP contribution < -0.4 is 25.0 Å². The van der Waals surface area contributed by atoms with Gasteiger partial charge in [0, 0.05) is 32.6 Å². The molecular formula is C27H34F3N3O4. The Morgan fingerprint density at radius 3 is 2.49 bits per heavy atom. The Kier molecular flexibility index (Phi) is 9.79. The molecule has 0 saturated heterocycles. The van der Waals surface area contributed by atoms with Gasteiger partial charge in [0.1, 0.15) is 6.61 Å². The molecule has 2 N–H and O–H groups in total. The van der Waals surface area contributed by atoms with Gasteiger partial charge in [-0.05, 0) is 55.5 Å². The number of ether oxygens (including phenoxy) is 2. The number of hydrogen-bond acceptors (Lipinski definition) is 5. The molecule has 3 rings (SSSR count). The van der Waals surface area contributed by atoms with Crippen LogP contribution in [0.1, 0.15) is 48.2 Å². The van der Waals surface area contributed by atoms with E-state index in [1.54, 1.807) is 30.1 Å². The Morgan fingerprint density at radius 2 is 1.84 bits per heavy atom. The monoisotopic (exact) mass is 521 g/mol. The van der Waals surface area contributed by atoms with Crippen molar-refractivity contribution >= 4 is 17.5 Å². The van der Waals surface area contributed by atoms with Crippen LogP contribution in [0.5, 0.6) is 11.5 Å². The van der Waals surface area contributed by atoms with Gasteiger partial charge in [-0.15, -0.1) is 0 Å². The zero-order valence-corrected chi connectivity index (χ0v) is 21.4. The average molecular weight is 522 g/mol. The third-order valence-electron chi connectivity index (χ3n) is 5.99. The molecule has 1 heterocycles. The highest BCUT2D eigenvalue weighted by Gasteiger charge is 2.30. The van der Waals surface area contributed by atoms with Gasteiger partial charge in [-0.1, -0.05) is 25.1 Å². The van der Waals surface area contributed by atoms with Crippen LogP contribution >= 0.6 is 0 Å². The number of nitrogens with zero attached hydrogens (tertiary/aromatic N) is 1. The second-order valence-corrected chi connectivity index (χ2v) is 9.03. The highest BCUT2D eigenvalue weighted by molar-refractivity contribution is 6.06. The number of nitrogens with one attached hydrogen (secondary N) is 2. The number of amides is 2. The largest absolute Gasteiger partial charge is 0.488 e. The van der Waals surface area contributed by atoms with E-state index < -0.39 is 12.8 Å². The van der Waals surface area contributed by atoms with E-state index in [-0.39, 0.29) is 36.0 Å². The van der Waals surface area contributed by atoms with Crippen molar-refractivity contribution in [2.75, 3.05) is 38.3 Å². The van der Waals surface area contributed by atoms with Crippen molar-refractivity contribution in [1.82, 2.24) is 10.6 Å². The van der Waals surface area contributed by atoms with Gasteiger partial charge in [0.2, 0.25) is 5.91 Å². The molecule has 2 aromatic rings. The van der Waals surface area contributed by atoms with Crippen LogP contribution in [0.3, 0.4) is 0 Å². The van der Waals surface area contributed by atoms with E-state index >= 15 is 0 Å². The fourth-order valence-electron chi connectivity index (χ4n) is 4.38. The summed E-state index contributed by atoms with van der Waals surface area (Å²) in [6.45, 7) is 3.84. The molecule has 1 aliphatic heterocycles. The summed E-state index contributed by atoms with van der Waals surface area (Å²) < 4.78 is 47.9. The number of fused-ring (bicyclic) bond motifs is 1. The molecule has 7 nitrogen and oxygen atoms in total. The first-order valence-corrected chi connectivity index (χ1v) is 12.5. The second kappa shape index (κ2) is 12.8. The summed E-state index contributed by atoms with van der Waals surface area (Å²) in [6.07, 6.45) is -1.89. The van der Waals surface area contributed by atoms with Crippen molar-refractivity contribution in [3.63, 3.8) is 0 Å². The highest BCUT2D eigenvalue weighted by Crippen LogP contribution is 2.34. The van der Waals surface area contributed by atoms with E-state index in [0.29, 0.717) is 43.6 Å². The number of rotatable bonds is 12. The molecule has 0 aromatic heterocycles. The number of benzene rings is 2. The lowest BCUT2D eigenvalue weighted by atomic mass is 9.98. The molecule has 0 spiro atoms. The highest BCUT2D eigenvalue weighted by atomic mass is 19.4. The van der Waals surface area contributed by atoms with E-state index in [2.05, 4.69) is 16.7 Å². The predicted molar refractivity (Wildman–Crippen MR) is 135 cm³/mol. The van der Waals surface area contributed by atoms with Crippen LogP contribution in [0.4, 0.5) is 18.9 Å². The molecule has 0 saturated carbocycles. The quantitative estimate of drug-likeness (QED) is 0.408. The van der Waals surface area contributed by atoms with Gasteiger partial charge < -0.3 is 25.0 Å². The minimum Gasteiger partial charge on any atom is -0.488 e. The SMILES string of the molecule is CCCC(=O)N1CCc2cc(CC(C)NCCOc3ccccc3OCC(F)(F)F)cc(C(=O)NC)c21. The molecule has 202 valence electrons. The molecule has 2 aromatic carbocycles.